The second kappa shape index (κ2) is 5.29. The van der Waals surface area contributed by atoms with Crippen LogP contribution in [0.3, 0.4) is 0 Å². The number of benzene rings is 2. The van der Waals surface area contributed by atoms with Crippen molar-refractivity contribution in [3.63, 3.8) is 0 Å². The van der Waals surface area contributed by atoms with E-state index in [-0.39, 0.29) is 0 Å². The number of aromatic nitrogens is 2. The molecule has 2 aromatic carbocycles. The second-order valence-electron chi connectivity index (χ2n) is 4.55. The van der Waals surface area contributed by atoms with Crippen LogP contribution in [-0.4, -0.2) is 24.2 Å². The predicted molar refractivity (Wildman–Crippen MR) is 86.7 cm³/mol. The molecule has 21 heavy (non-hydrogen) atoms. The standard InChI is InChI=1S/C15H14BrN3O2/c1-20-13-6-11-12(7-14(13)21-2)19-15(18-11)8-3-4-9(16)10(17)5-8/h3-7H,17H2,1-2H3,(H,18,19). The van der Waals surface area contributed by atoms with Gasteiger partial charge in [-0.05, 0) is 34.1 Å². The number of nitrogens with zero attached hydrogens (tertiary/aromatic N) is 1. The molecule has 3 N–H and O–H groups in total. The third kappa shape index (κ3) is 2.42. The summed E-state index contributed by atoms with van der Waals surface area (Å²) in [6, 6.07) is 9.44. The van der Waals surface area contributed by atoms with E-state index in [1.165, 1.54) is 0 Å². The van der Waals surface area contributed by atoms with E-state index < -0.39 is 0 Å². The first-order valence-corrected chi connectivity index (χ1v) is 7.09. The summed E-state index contributed by atoms with van der Waals surface area (Å²) in [5.74, 6) is 2.06. The molecular weight excluding hydrogens is 334 g/mol. The first-order chi connectivity index (χ1) is 10.1. The Kier molecular flexibility index (Phi) is 3.47. The Morgan fingerprint density at radius 2 is 1.81 bits per heavy atom. The summed E-state index contributed by atoms with van der Waals surface area (Å²) < 4.78 is 11.5. The molecule has 0 saturated carbocycles. The van der Waals surface area contributed by atoms with Gasteiger partial charge in [0.15, 0.2) is 11.5 Å². The number of anilines is 1. The topological polar surface area (TPSA) is 73.2 Å². The van der Waals surface area contributed by atoms with Gasteiger partial charge in [0, 0.05) is 27.9 Å². The summed E-state index contributed by atoms with van der Waals surface area (Å²) in [5.41, 5.74) is 9.19. The summed E-state index contributed by atoms with van der Waals surface area (Å²) in [5, 5.41) is 0. The summed E-state index contributed by atoms with van der Waals surface area (Å²) in [6.07, 6.45) is 0. The number of hydrogen-bond acceptors (Lipinski definition) is 4. The third-order valence-corrected chi connectivity index (χ3v) is 3.98. The zero-order valence-corrected chi connectivity index (χ0v) is 13.2. The molecule has 0 radical (unpaired) electrons. The fourth-order valence-corrected chi connectivity index (χ4v) is 2.41. The number of halogens is 1. The molecule has 0 aliphatic rings. The number of hydrogen-bond donors (Lipinski definition) is 2. The predicted octanol–water partition coefficient (Wildman–Crippen LogP) is 3.59. The van der Waals surface area contributed by atoms with Crippen molar-refractivity contribution < 1.29 is 9.47 Å². The molecule has 0 amide bonds. The van der Waals surface area contributed by atoms with Gasteiger partial charge in [-0.15, -0.1) is 0 Å². The normalized spacial score (nSPS) is 10.8. The van der Waals surface area contributed by atoms with Crippen LogP contribution in [0.1, 0.15) is 0 Å². The van der Waals surface area contributed by atoms with Crippen molar-refractivity contribution in [2.24, 2.45) is 0 Å². The third-order valence-electron chi connectivity index (χ3n) is 3.26. The maximum atomic E-state index is 5.91. The maximum Gasteiger partial charge on any atom is 0.163 e. The van der Waals surface area contributed by atoms with E-state index in [9.17, 15) is 0 Å². The summed E-state index contributed by atoms with van der Waals surface area (Å²) in [4.78, 5) is 7.84. The van der Waals surface area contributed by atoms with Gasteiger partial charge in [-0.25, -0.2) is 4.98 Å². The SMILES string of the molecule is COc1cc2nc(-c3ccc(Br)c(N)c3)[nH]c2cc1OC. The van der Waals surface area contributed by atoms with Crippen molar-refractivity contribution in [1.82, 2.24) is 9.97 Å². The summed E-state index contributed by atoms with van der Waals surface area (Å²) >= 11 is 3.39. The van der Waals surface area contributed by atoms with Crippen LogP contribution in [0.25, 0.3) is 22.4 Å². The van der Waals surface area contributed by atoms with Crippen LogP contribution in [0.15, 0.2) is 34.8 Å². The number of imidazole rings is 1. The number of fused-ring (bicyclic) bond motifs is 1. The number of nitrogens with one attached hydrogen (secondary N) is 1. The second-order valence-corrected chi connectivity index (χ2v) is 5.40. The van der Waals surface area contributed by atoms with Crippen molar-refractivity contribution in [3.05, 3.63) is 34.8 Å². The molecule has 0 aliphatic carbocycles. The van der Waals surface area contributed by atoms with Gasteiger partial charge in [-0.2, -0.15) is 0 Å². The fourth-order valence-electron chi connectivity index (χ4n) is 2.16. The van der Waals surface area contributed by atoms with E-state index in [1.807, 2.05) is 30.3 Å². The molecule has 5 nitrogen and oxygen atoms in total. The number of nitrogens with two attached hydrogens (primary N) is 1. The number of H-pyrrole nitrogens is 1. The molecule has 1 heterocycles. The first kappa shape index (κ1) is 13.8. The molecule has 0 bridgehead atoms. The van der Waals surface area contributed by atoms with Gasteiger partial charge in [-0.3, -0.25) is 0 Å². The van der Waals surface area contributed by atoms with Gasteiger partial charge < -0.3 is 20.2 Å². The lowest BCUT2D eigenvalue weighted by Crippen LogP contribution is -1.89. The highest BCUT2D eigenvalue weighted by molar-refractivity contribution is 9.10. The number of nitrogen functional groups attached to an aromatic ring is 1. The Morgan fingerprint density at radius 3 is 2.48 bits per heavy atom. The van der Waals surface area contributed by atoms with E-state index in [2.05, 4.69) is 25.9 Å². The Labute approximate surface area is 130 Å². The molecule has 0 aliphatic heterocycles. The molecule has 3 rings (SSSR count). The smallest absolute Gasteiger partial charge is 0.163 e. The van der Waals surface area contributed by atoms with Crippen molar-refractivity contribution in [2.75, 3.05) is 20.0 Å². The Morgan fingerprint density at radius 1 is 1.10 bits per heavy atom. The van der Waals surface area contributed by atoms with Crippen molar-refractivity contribution >= 4 is 32.7 Å². The number of methoxy groups -OCH3 is 2. The maximum absolute atomic E-state index is 5.91. The molecule has 0 atom stereocenters. The van der Waals surface area contributed by atoms with Crippen LogP contribution >= 0.6 is 15.9 Å². The number of rotatable bonds is 3. The molecule has 0 saturated heterocycles. The highest BCUT2D eigenvalue weighted by Crippen LogP contribution is 2.33. The van der Waals surface area contributed by atoms with Crippen LogP contribution in [0.5, 0.6) is 11.5 Å². The molecule has 3 aromatic rings. The fraction of sp³-hybridized carbons (Fsp3) is 0.133. The Hall–Kier alpha value is -2.21. The van der Waals surface area contributed by atoms with E-state index in [0.29, 0.717) is 17.2 Å². The van der Waals surface area contributed by atoms with Crippen LogP contribution in [0.2, 0.25) is 0 Å². The average molecular weight is 348 g/mol. The molecule has 0 spiro atoms. The minimum atomic E-state index is 0.651. The average Bonchev–Trinajstić information content (AvgIpc) is 2.91. The zero-order chi connectivity index (χ0) is 15.0. The van der Waals surface area contributed by atoms with Gasteiger partial charge in [0.1, 0.15) is 5.82 Å². The summed E-state index contributed by atoms with van der Waals surface area (Å²) in [6.45, 7) is 0. The van der Waals surface area contributed by atoms with Gasteiger partial charge in [0.25, 0.3) is 0 Å². The van der Waals surface area contributed by atoms with Crippen LogP contribution < -0.4 is 15.2 Å². The van der Waals surface area contributed by atoms with E-state index >= 15 is 0 Å². The van der Waals surface area contributed by atoms with Gasteiger partial charge in [0.05, 0.1) is 25.3 Å². The van der Waals surface area contributed by atoms with E-state index in [4.69, 9.17) is 15.2 Å². The van der Waals surface area contributed by atoms with Crippen LogP contribution in [-0.2, 0) is 0 Å². The molecule has 108 valence electrons. The monoisotopic (exact) mass is 347 g/mol. The van der Waals surface area contributed by atoms with E-state index in [1.54, 1.807) is 14.2 Å². The van der Waals surface area contributed by atoms with Crippen LogP contribution in [0.4, 0.5) is 5.69 Å². The Balaban J connectivity index is 2.14. The zero-order valence-electron chi connectivity index (χ0n) is 11.6. The quantitative estimate of drug-likeness (QED) is 0.710. The van der Waals surface area contributed by atoms with Crippen molar-refractivity contribution in [2.45, 2.75) is 0 Å². The largest absolute Gasteiger partial charge is 0.493 e. The Bertz CT molecular complexity index is 773. The minimum Gasteiger partial charge on any atom is -0.493 e. The highest BCUT2D eigenvalue weighted by Gasteiger charge is 2.11. The molecule has 0 unspecified atom stereocenters. The van der Waals surface area contributed by atoms with Gasteiger partial charge in [-0.1, -0.05) is 0 Å². The lowest BCUT2D eigenvalue weighted by molar-refractivity contribution is 0.356. The first-order valence-electron chi connectivity index (χ1n) is 6.29. The number of aromatic amines is 1. The van der Waals surface area contributed by atoms with Crippen molar-refractivity contribution in [1.29, 1.82) is 0 Å². The molecule has 1 aromatic heterocycles. The molecule has 0 fully saturated rings. The van der Waals surface area contributed by atoms with Gasteiger partial charge in [0.2, 0.25) is 0 Å². The van der Waals surface area contributed by atoms with Crippen LogP contribution in [0, 0.1) is 0 Å². The molecule has 6 heteroatoms. The number of ether oxygens (including phenoxy) is 2. The van der Waals surface area contributed by atoms with E-state index in [0.717, 1.165) is 26.9 Å². The minimum absolute atomic E-state index is 0.651. The van der Waals surface area contributed by atoms with Gasteiger partial charge >= 0.3 is 0 Å². The highest BCUT2D eigenvalue weighted by atomic mass is 79.9. The summed E-state index contributed by atoms with van der Waals surface area (Å²) in [7, 11) is 3.21. The molecular formula is C15H14BrN3O2. The lowest BCUT2D eigenvalue weighted by Gasteiger charge is -2.06. The van der Waals surface area contributed by atoms with Crippen molar-refractivity contribution in [3.8, 4) is 22.9 Å². The lowest BCUT2D eigenvalue weighted by atomic mass is 10.2.